The highest BCUT2D eigenvalue weighted by atomic mass is 32.1. The fourth-order valence-electron chi connectivity index (χ4n) is 2.17. The lowest BCUT2D eigenvalue weighted by Crippen LogP contribution is -2.30. The number of hydrogen-bond donors (Lipinski definition) is 2. The Hall–Kier alpha value is -2.21. The number of ketones is 1. The van der Waals surface area contributed by atoms with E-state index >= 15 is 0 Å². The smallest absolute Gasteiger partial charge is 0.332 e. The second-order valence-electron chi connectivity index (χ2n) is 5.19. The van der Waals surface area contributed by atoms with Crippen molar-refractivity contribution < 1.29 is 24.6 Å². The number of carbonyl (C=O) groups is 3. The van der Waals surface area contributed by atoms with Gasteiger partial charge in [-0.3, -0.25) is 9.59 Å². The maximum atomic E-state index is 12.5. The summed E-state index contributed by atoms with van der Waals surface area (Å²) in [7, 11) is 0. The van der Waals surface area contributed by atoms with Gasteiger partial charge in [-0.15, -0.1) is 11.3 Å². The van der Waals surface area contributed by atoms with E-state index < -0.39 is 17.4 Å². The molecular formula is C15H14O5S. The molecule has 0 aliphatic heterocycles. The van der Waals surface area contributed by atoms with Gasteiger partial charge < -0.3 is 10.2 Å². The van der Waals surface area contributed by atoms with Crippen molar-refractivity contribution in [2.45, 2.75) is 20.3 Å². The first-order valence-corrected chi connectivity index (χ1v) is 7.12. The lowest BCUT2D eigenvalue weighted by molar-refractivity contribution is -0.145. The quantitative estimate of drug-likeness (QED) is 0.834. The average Bonchev–Trinajstić information content (AvgIpc) is 2.84. The Labute approximate surface area is 125 Å². The van der Waals surface area contributed by atoms with Crippen molar-refractivity contribution in [1.29, 1.82) is 0 Å². The van der Waals surface area contributed by atoms with E-state index in [0.717, 1.165) is 5.56 Å². The molecule has 1 unspecified atom stereocenters. The van der Waals surface area contributed by atoms with Crippen molar-refractivity contribution in [2.75, 3.05) is 0 Å². The van der Waals surface area contributed by atoms with Gasteiger partial charge in [-0.1, -0.05) is 12.2 Å². The van der Waals surface area contributed by atoms with Crippen LogP contribution < -0.4 is 0 Å². The molecule has 0 radical (unpaired) electrons. The molecule has 21 heavy (non-hydrogen) atoms. The van der Waals surface area contributed by atoms with Crippen LogP contribution in [0.5, 0.6) is 0 Å². The van der Waals surface area contributed by atoms with Crippen molar-refractivity contribution in [2.24, 2.45) is 5.41 Å². The third-order valence-corrected chi connectivity index (χ3v) is 4.56. The third-order valence-electron chi connectivity index (χ3n) is 3.55. The molecule has 0 spiro atoms. The standard InChI is InChI=1S/C15H14O5S/c1-8-4-6-21-12(8)11(16)9-3-5-15(2,14(19)20)7-10(9)13(17)18/h3-6H,7H2,1-2H3,(H,17,18)(H,19,20). The Kier molecular flexibility index (Phi) is 3.82. The van der Waals surface area contributed by atoms with Crippen LogP contribution in [-0.2, 0) is 9.59 Å². The summed E-state index contributed by atoms with van der Waals surface area (Å²) in [6.07, 6.45) is 2.50. The molecule has 1 aromatic heterocycles. The van der Waals surface area contributed by atoms with Gasteiger partial charge in [0.25, 0.3) is 0 Å². The fourth-order valence-corrected chi connectivity index (χ4v) is 3.05. The highest BCUT2D eigenvalue weighted by Gasteiger charge is 2.38. The number of carbonyl (C=O) groups excluding carboxylic acids is 1. The summed E-state index contributed by atoms with van der Waals surface area (Å²) in [6, 6.07) is 1.78. The molecule has 5 nitrogen and oxygen atoms in total. The van der Waals surface area contributed by atoms with Crippen LogP contribution in [0.25, 0.3) is 0 Å². The Morgan fingerprint density at radius 2 is 1.95 bits per heavy atom. The molecule has 2 N–H and O–H groups in total. The number of hydrogen-bond acceptors (Lipinski definition) is 4. The number of allylic oxidation sites excluding steroid dienone is 2. The van der Waals surface area contributed by atoms with Gasteiger partial charge in [0.05, 0.1) is 10.3 Å². The molecular weight excluding hydrogens is 292 g/mol. The largest absolute Gasteiger partial charge is 0.481 e. The molecule has 0 amide bonds. The van der Waals surface area contributed by atoms with Crippen LogP contribution >= 0.6 is 11.3 Å². The number of aryl methyl sites for hydroxylation is 1. The predicted molar refractivity (Wildman–Crippen MR) is 77.5 cm³/mol. The monoisotopic (exact) mass is 306 g/mol. The molecule has 0 fully saturated rings. The molecule has 0 saturated carbocycles. The van der Waals surface area contributed by atoms with Crippen molar-refractivity contribution in [3.63, 3.8) is 0 Å². The minimum Gasteiger partial charge on any atom is -0.481 e. The highest BCUT2D eigenvalue weighted by Crippen LogP contribution is 2.36. The van der Waals surface area contributed by atoms with Crippen LogP contribution in [-0.4, -0.2) is 27.9 Å². The van der Waals surface area contributed by atoms with Crippen LogP contribution in [0.15, 0.2) is 34.7 Å². The number of carboxylic acid groups (broad SMARTS) is 2. The molecule has 1 aliphatic carbocycles. The first kappa shape index (κ1) is 15.2. The minimum absolute atomic E-state index is 0.0618. The number of aliphatic carboxylic acids is 2. The zero-order valence-corrected chi connectivity index (χ0v) is 12.4. The van der Waals surface area contributed by atoms with E-state index in [1.165, 1.54) is 30.4 Å². The van der Waals surface area contributed by atoms with Crippen LogP contribution in [0.4, 0.5) is 0 Å². The predicted octanol–water partition coefficient (Wildman–Crippen LogP) is 2.67. The normalized spacial score (nSPS) is 21.4. The molecule has 6 heteroatoms. The van der Waals surface area contributed by atoms with E-state index in [1.54, 1.807) is 18.4 Å². The van der Waals surface area contributed by atoms with E-state index in [9.17, 15) is 24.6 Å². The van der Waals surface area contributed by atoms with Gasteiger partial charge >= 0.3 is 11.9 Å². The number of Topliss-reactive ketones (excluding diaryl/α,β-unsaturated/α-hetero) is 1. The Morgan fingerprint density at radius 1 is 1.29 bits per heavy atom. The van der Waals surface area contributed by atoms with E-state index in [-0.39, 0.29) is 23.4 Å². The first-order valence-electron chi connectivity index (χ1n) is 6.24. The van der Waals surface area contributed by atoms with Crippen LogP contribution in [0.3, 0.4) is 0 Å². The van der Waals surface area contributed by atoms with E-state index in [0.29, 0.717) is 4.88 Å². The zero-order chi connectivity index (χ0) is 15.8. The maximum absolute atomic E-state index is 12.5. The fraction of sp³-hybridized carbons (Fsp3) is 0.267. The summed E-state index contributed by atoms with van der Waals surface area (Å²) in [5.41, 5.74) is -0.615. The summed E-state index contributed by atoms with van der Waals surface area (Å²) >= 11 is 1.24. The van der Waals surface area contributed by atoms with Crippen LogP contribution in [0.1, 0.15) is 28.6 Å². The van der Waals surface area contributed by atoms with Crippen LogP contribution in [0.2, 0.25) is 0 Å². The Bertz CT molecular complexity index is 695. The molecule has 0 aromatic carbocycles. The van der Waals surface area contributed by atoms with Gasteiger partial charge in [-0.2, -0.15) is 0 Å². The van der Waals surface area contributed by atoms with Gasteiger partial charge in [-0.05, 0) is 37.3 Å². The topological polar surface area (TPSA) is 91.7 Å². The van der Waals surface area contributed by atoms with Crippen molar-refractivity contribution in [1.82, 2.24) is 0 Å². The first-order chi connectivity index (χ1) is 9.76. The minimum atomic E-state index is -1.30. The molecule has 1 aliphatic rings. The summed E-state index contributed by atoms with van der Waals surface area (Å²) in [5.74, 6) is -2.75. The lowest BCUT2D eigenvalue weighted by Gasteiger charge is -2.25. The Balaban J connectivity index is 2.49. The van der Waals surface area contributed by atoms with Crippen molar-refractivity contribution in [3.05, 3.63) is 45.2 Å². The van der Waals surface area contributed by atoms with E-state index in [1.807, 2.05) is 0 Å². The molecule has 1 atom stereocenters. The molecule has 2 rings (SSSR count). The second kappa shape index (κ2) is 5.29. The van der Waals surface area contributed by atoms with Gasteiger partial charge in [0.1, 0.15) is 0 Å². The second-order valence-corrected chi connectivity index (χ2v) is 6.11. The summed E-state index contributed by atoms with van der Waals surface area (Å²) in [5, 5.41) is 20.3. The van der Waals surface area contributed by atoms with E-state index in [2.05, 4.69) is 0 Å². The third kappa shape index (κ3) is 2.67. The number of thiophene rings is 1. The number of rotatable bonds is 4. The molecule has 110 valence electrons. The average molecular weight is 306 g/mol. The number of carboxylic acids is 2. The maximum Gasteiger partial charge on any atom is 0.332 e. The molecule has 1 aromatic rings. The van der Waals surface area contributed by atoms with Gasteiger partial charge in [0, 0.05) is 11.1 Å². The van der Waals surface area contributed by atoms with Crippen molar-refractivity contribution in [3.8, 4) is 0 Å². The Morgan fingerprint density at radius 3 is 2.43 bits per heavy atom. The highest BCUT2D eigenvalue weighted by molar-refractivity contribution is 7.12. The van der Waals surface area contributed by atoms with Gasteiger partial charge in [0.15, 0.2) is 0 Å². The van der Waals surface area contributed by atoms with Gasteiger partial charge in [-0.25, -0.2) is 4.79 Å². The molecule has 0 bridgehead atoms. The van der Waals surface area contributed by atoms with Gasteiger partial charge in [0.2, 0.25) is 5.78 Å². The summed E-state index contributed by atoms with van der Waals surface area (Å²) in [6.45, 7) is 3.21. The molecule has 0 saturated heterocycles. The summed E-state index contributed by atoms with van der Waals surface area (Å²) in [4.78, 5) is 35.6. The molecule has 1 heterocycles. The summed E-state index contributed by atoms with van der Waals surface area (Å²) < 4.78 is 0. The lowest BCUT2D eigenvalue weighted by atomic mass is 9.77. The SMILES string of the molecule is Cc1ccsc1C(=O)C1=C(C(=O)O)CC(C)(C(=O)O)C=C1. The van der Waals surface area contributed by atoms with Crippen LogP contribution in [0, 0.1) is 12.3 Å². The zero-order valence-electron chi connectivity index (χ0n) is 11.5. The van der Waals surface area contributed by atoms with Crippen molar-refractivity contribution >= 4 is 29.1 Å². The van der Waals surface area contributed by atoms with E-state index in [4.69, 9.17) is 0 Å².